The van der Waals surface area contributed by atoms with E-state index in [9.17, 15) is 5.11 Å². The first-order valence-corrected chi connectivity index (χ1v) is 7.76. The summed E-state index contributed by atoms with van der Waals surface area (Å²) >= 11 is 0. The quantitative estimate of drug-likeness (QED) is 0.833. The fraction of sp³-hybridized carbons (Fsp3) is 0.733. The number of nitrogens with one attached hydrogen (secondary N) is 1. The van der Waals surface area contributed by atoms with Gasteiger partial charge in [-0.3, -0.25) is 0 Å². The minimum atomic E-state index is 0.175. The minimum absolute atomic E-state index is 0.175. The van der Waals surface area contributed by atoms with Crippen molar-refractivity contribution in [2.75, 3.05) is 30.4 Å². The monoisotopic (exact) mass is 276 g/mol. The summed E-state index contributed by atoms with van der Waals surface area (Å²) in [6.45, 7) is 0.836. The fourth-order valence-corrected chi connectivity index (χ4v) is 3.06. The van der Waals surface area contributed by atoms with Crippen molar-refractivity contribution in [3.8, 4) is 0 Å². The first kappa shape index (κ1) is 13.6. The third-order valence-corrected chi connectivity index (χ3v) is 4.33. The highest BCUT2D eigenvalue weighted by atomic mass is 16.3. The van der Waals surface area contributed by atoms with E-state index in [0.717, 1.165) is 17.5 Å². The molecule has 2 fully saturated rings. The third-order valence-electron chi connectivity index (χ3n) is 4.33. The van der Waals surface area contributed by atoms with Gasteiger partial charge in [-0.25, -0.2) is 9.97 Å². The molecule has 0 aromatic carbocycles. The fourth-order valence-electron chi connectivity index (χ4n) is 3.06. The zero-order chi connectivity index (χ0) is 13.9. The molecular formula is C15H24N4O. The summed E-state index contributed by atoms with van der Waals surface area (Å²) in [6, 6.07) is 2.54. The maximum Gasteiger partial charge on any atom is 0.136 e. The molecule has 1 aromatic heterocycles. The molecule has 5 heteroatoms. The summed E-state index contributed by atoms with van der Waals surface area (Å²) in [4.78, 5) is 11.6. The van der Waals surface area contributed by atoms with Crippen LogP contribution >= 0.6 is 0 Å². The van der Waals surface area contributed by atoms with Crippen LogP contribution in [0.4, 0.5) is 11.6 Å². The smallest absolute Gasteiger partial charge is 0.136 e. The van der Waals surface area contributed by atoms with Gasteiger partial charge in [0.05, 0.1) is 6.61 Å². The maximum absolute atomic E-state index is 9.37. The molecule has 20 heavy (non-hydrogen) atoms. The molecule has 1 heterocycles. The molecule has 3 rings (SSSR count). The van der Waals surface area contributed by atoms with Gasteiger partial charge in [-0.2, -0.15) is 0 Å². The van der Waals surface area contributed by atoms with E-state index in [2.05, 4.69) is 15.2 Å². The highest BCUT2D eigenvalue weighted by Crippen LogP contribution is 2.39. The van der Waals surface area contributed by atoms with E-state index in [0.29, 0.717) is 18.5 Å². The van der Waals surface area contributed by atoms with Gasteiger partial charge in [0.25, 0.3) is 0 Å². The molecule has 0 amide bonds. The molecule has 110 valence electrons. The molecular weight excluding hydrogens is 252 g/mol. The second-order valence-electron chi connectivity index (χ2n) is 5.85. The second-order valence-corrected chi connectivity index (χ2v) is 5.85. The maximum atomic E-state index is 9.37. The Hall–Kier alpha value is -1.36. The Morgan fingerprint density at radius 1 is 1.25 bits per heavy atom. The van der Waals surface area contributed by atoms with E-state index < -0.39 is 0 Å². The summed E-state index contributed by atoms with van der Waals surface area (Å²) in [5, 5.41) is 12.5. The van der Waals surface area contributed by atoms with Gasteiger partial charge >= 0.3 is 0 Å². The van der Waals surface area contributed by atoms with Crippen molar-refractivity contribution in [2.45, 2.75) is 50.5 Å². The number of hydrogen-bond donors (Lipinski definition) is 2. The van der Waals surface area contributed by atoms with Crippen LogP contribution in [0, 0.1) is 0 Å². The van der Waals surface area contributed by atoms with Crippen LogP contribution in [-0.4, -0.2) is 41.3 Å². The summed E-state index contributed by atoms with van der Waals surface area (Å²) in [6.07, 6.45) is 7.39. The zero-order valence-corrected chi connectivity index (χ0v) is 12.2. The summed E-state index contributed by atoms with van der Waals surface area (Å²) in [5.41, 5.74) is 0. The average Bonchev–Trinajstić information content (AvgIpc) is 3.20. The average molecular weight is 276 g/mol. The van der Waals surface area contributed by atoms with Crippen molar-refractivity contribution in [2.24, 2.45) is 0 Å². The van der Waals surface area contributed by atoms with Crippen molar-refractivity contribution < 1.29 is 5.11 Å². The molecule has 2 saturated carbocycles. The highest BCUT2D eigenvalue weighted by molar-refractivity contribution is 5.50. The standard InChI is InChI=1S/C15H24N4O/c1-16-13-10-14(18-15(17-13)11-6-7-11)19(8-9-20)12-4-2-3-5-12/h10-12,20H,2-9H2,1H3,(H,16,17,18). The van der Waals surface area contributed by atoms with Crippen LogP contribution in [0.3, 0.4) is 0 Å². The highest BCUT2D eigenvalue weighted by Gasteiger charge is 2.29. The van der Waals surface area contributed by atoms with Crippen LogP contribution in [0.5, 0.6) is 0 Å². The van der Waals surface area contributed by atoms with E-state index in [4.69, 9.17) is 4.98 Å². The third kappa shape index (κ3) is 2.87. The van der Waals surface area contributed by atoms with Crippen LogP contribution < -0.4 is 10.2 Å². The molecule has 2 aliphatic rings. The van der Waals surface area contributed by atoms with E-state index in [1.807, 2.05) is 13.1 Å². The summed E-state index contributed by atoms with van der Waals surface area (Å²) in [5.74, 6) is 3.37. The molecule has 0 spiro atoms. The molecule has 0 bridgehead atoms. The molecule has 0 aliphatic heterocycles. The molecule has 0 saturated heterocycles. The van der Waals surface area contributed by atoms with Gasteiger partial charge in [-0.05, 0) is 25.7 Å². The van der Waals surface area contributed by atoms with Crippen molar-refractivity contribution >= 4 is 11.6 Å². The lowest BCUT2D eigenvalue weighted by molar-refractivity contribution is 0.296. The molecule has 2 aliphatic carbocycles. The molecule has 0 atom stereocenters. The number of aromatic nitrogens is 2. The first-order chi connectivity index (χ1) is 9.81. The minimum Gasteiger partial charge on any atom is -0.395 e. The van der Waals surface area contributed by atoms with Crippen LogP contribution in [0.15, 0.2) is 6.07 Å². The lowest BCUT2D eigenvalue weighted by Crippen LogP contribution is -2.36. The Morgan fingerprint density at radius 2 is 2.00 bits per heavy atom. The van der Waals surface area contributed by atoms with E-state index in [1.165, 1.54) is 38.5 Å². The van der Waals surface area contributed by atoms with Gasteiger partial charge in [-0.1, -0.05) is 12.8 Å². The van der Waals surface area contributed by atoms with Gasteiger partial charge in [0.1, 0.15) is 17.5 Å². The first-order valence-electron chi connectivity index (χ1n) is 7.76. The number of aliphatic hydroxyl groups is 1. The van der Waals surface area contributed by atoms with E-state index in [-0.39, 0.29) is 6.61 Å². The zero-order valence-electron chi connectivity index (χ0n) is 12.2. The van der Waals surface area contributed by atoms with Crippen LogP contribution in [0.1, 0.15) is 50.3 Å². The van der Waals surface area contributed by atoms with Crippen LogP contribution in [0.2, 0.25) is 0 Å². The predicted octanol–water partition coefficient (Wildman–Crippen LogP) is 2.14. The largest absolute Gasteiger partial charge is 0.395 e. The lowest BCUT2D eigenvalue weighted by Gasteiger charge is -2.30. The van der Waals surface area contributed by atoms with Gasteiger partial charge in [0.2, 0.25) is 0 Å². The SMILES string of the molecule is CNc1cc(N(CCO)C2CCCC2)nc(C2CC2)n1. The topological polar surface area (TPSA) is 61.3 Å². The Bertz CT molecular complexity index is 455. The van der Waals surface area contributed by atoms with Crippen molar-refractivity contribution in [3.63, 3.8) is 0 Å². The Morgan fingerprint density at radius 3 is 2.60 bits per heavy atom. The number of nitrogens with zero attached hydrogens (tertiary/aromatic N) is 3. The molecule has 5 nitrogen and oxygen atoms in total. The molecule has 0 radical (unpaired) electrons. The molecule has 2 N–H and O–H groups in total. The van der Waals surface area contributed by atoms with Crippen molar-refractivity contribution in [1.29, 1.82) is 0 Å². The van der Waals surface area contributed by atoms with E-state index >= 15 is 0 Å². The second kappa shape index (κ2) is 5.95. The number of anilines is 2. The van der Waals surface area contributed by atoms with Crippen LogP contribution in [0.25, 0.3) is 0 Å². The summed E-state index contributed by atoms with van der Waals surface area (Å²) < 4.78 is 0. The van der Waals surface area contributed by atoms with Gasteiger partial charge in [0.15, 0.2) is 0 Å². The van der Waals surface area contributed by atoms with E-state index in [1.54, 1.807) is 0 Å². The number of rotatable bonds is 6. The predicted molar refractivity (Wildman–Crippen MR) is 80.2 cm³/mol. The van der Waals surface area contributed by atoms with Gasteiger partial charge in [-0.15, -0.1) is 0 Å². The van der Waals surface area contributed by atoms with Gasteiger partial charge < -0.3 is 15.3 Å². The van der Waals surface area contributed by atoms with Crippen molar-refractivity contribution in [1.82, 2.24) is 9.97 Å². The molecule has 1 aromatic rings. The Balaban J connectivity index is 1.89. The molecule has 0 unspecified atom stereocenters. The Kier molecular flexibility index (Phi) is 4.05. The number of aliphatic hydroxyl groups excluding tert-OH is 1. The number of hydrogen-bond acceptors (Lipinski definition) is 5. The van der Waals surface area contributed by atoms with Crippen LogP contribution in [-0.2, 0) is 0 Å². The summed E-state index contributed by atoms with van der Waals surface area (Å²) in [7, 11) is 1.90. The van der Waals surface area contributed by atoms with Crippen molar-refractivity contribution in [3.05, 3.63) is 11.9 Å². The Labute approximate surface area is 120 Å². The lowest BCUT2D eigenvalue weighted by atomic mass is 10.2. The van der Waals surface area contributed by atoms with Gasteiger partial charge in [0, 0.05) is 31.6 Å². The normalized spacial score (nSPS) is 19.3.